The monoisotopic (exact) mass is 366 g/mol. The fourth-order valence-corrected chi connectivity index (χ4v) is 8.18. The molecule has 2 saturated carbocycles. The second-order valence-corrected chi connectivity index (χ2v) is 10.4. The van der Waals surface area contributed by atoms with Crippen LogP contribution in [0.25, 0.3) is 0 Å². The first kappa shape index (κ1) is 15.6. The molecule has 27 heavy (non-hydrogen) atoms. The van der Waals surface area contributed by atoms with Crippen molar-refractivity contribution in [3.05, 3.63) is 23.3 Å². The fraction of sp³-hybridized carbons (Fsp3) is 0.739. The molecule has 0 unspecified atom stereocenters. The van der Waals surface area contributed by atoms with Crippen LogP contribution in [0.15, 0.2) is 12.1 Å². The van der Waals surface area contributed by atoms with E-state index in [4.69, 9.17) is 4.74 Å². The number of benzene rings is 1. The number of likely N-dealkylation sites (N-methyl/N-ethyl adjacent to an activating group) is 1. The lowest BCUT2D eigenvalue weighted by Gasteiger charge is -2.66. The molecule has 0 aromatic heterocycles. The topological polar surface area (TPSA) is 35.9 Å². The van der Waals surface area contributed by atoms with Crippen molar-refractivity contribution in [2.75, 3.05) is 26.7 Å². The molecule has 4 bridgehead atoms. The number of phenols is 1. The van der Waals surface area contributed by atoms with Crippen molar-refractivity contribution in [3.63, 3.8) is 0 Å². The van der Waals surface area contributed by atoms with Gasteiger partial charge in [-0.15, -0.1) is 0 Å². The van der Waals surface area contributed by atoms with Crippen LogP contribution in [-0.2, 0) is 11.8 Å². The van der Waals surface area contributed by atoms with Gasteiger partial charge in [-0.1, -0.05) is 6.07 Å². The van der Waals surface area contributed by atoms with E-state index in [0.29, 0.717) is 23.2 Å². The summed E-state index contributed by atoms with van der Waals surface area (Å²) in [5, 5.41) is 10.7. The van der Waals surface area contributed by atoms with Crippen molar-refractivity contribution in [2.24, 2.45) is 11.3 Å². The van der Waals surface area contributed by atoms with Crippen LogP contribution in [0.5, 0.6) is 11.5 Å². The summed E-state index contributed by atoms with van der Waals surface area (Å²) in [6, 6.07) is 5.26. The standard InChI is InChI=1S/C23H30N2O2/c1-24-10-8-22-7-6-16(24)21-23(22)9-11-25(13-14-2-3-14)18(22)12-15-4-5-17(26)20(27-21)19(15)23/h4-5,14,16,18,21,26H,2-3,6-13H2,1H3/t16-,18-,21+,22-,23+/m1/s1. The second-order valence-electron chi connectivity index (χ2n) is 10.4. The molecular formula is C23H30N2O2. The van der Waals surface area contributed by atoms with Gasteiger partial charge in [-0.3, -0.25) is 9.80 Å². The van der Waals surface area contributed by atoms with Gasteiger partial charge in [0.15, 0.2) is 11.5 Å². The molecule has 0 amide bonds. The highest BCUT2D eigenvalue weighted by atomic mass is 16.5. The Morgan fingerprint density at radius 2 is 2.04 bits per heavy atom. The lowest BCUT2D eigenvalue weighted by Crippen LogP contribution is -2.72. The Bertz CT molecular complexity index is 836. The zero-order chi connectivity index (χ0) is 18.0. The molecule has 1 N–H and O–H groups in total. The molecule has 4 heterocycles. The van der Waals surface area contributed by atoms with Crippen LogP contribution >= 0.6 is 0 Å². The van der Waals surface area contributed by atoms with Gasteiger partial charge in [-0.2, -0.15) is 0 Å². The van der Waals surface area contributed by atoms with E-state index in [0.717, 1.165) is 18.1 Å². The Morgan fingerprint density at radius 3 is 2.89 bits per heavy atom. The van der Waals surface area contributed by atoms with Gasteiger partial charge in [-0.25, -0.2) is 0 Å². The average molecular weight is 367 g/mol. The van der Waals surface area contributed by atoms with Gasteiger partial charge < -0.3 is 9.84 Å². The van der Waals surface area contributed by atoms with Gasteiger partial charge in [-0.05, 0) is 82.6 Å². The van der Waals surface area contributed by atoms with E-state index in [2.05, 4.69) is 22.9 Å². The minimum Gasteiger partial charge on any atom is -0.504 e. The third kappa shape index (κ3) is 1.66. The molecule has 4 heteroatoms. The summed E-state index contributed by atoms with van der Waals surface area (Å²) in [5.41, 5.74) is 3.36. The lowest BCUT2D eigenvalue weighted by atomic mass is 9.42. The zero-order valence-electron chi connectivity index (χ0n) is 16.3. The Labute approximate surface area is 161 Å². The van der Waals surface area contributed by atoms with Gasteiger partial charge in [0.05, 0.1) is 0 Å². The highest BCUT2D eigenvalue weighted by Crippen LogP contribution is 2.71. The van der Waals surface area contributed by atoms with Crippen LogP contribution in [0.4, 0.5) is 0 Å². The molecule has 0 radical (unpaired) electrons. The first-order valence-corrected chi connectivity index (χ1v) is 11.1. The van der Waals surface area contributed by atoms with E-state index in [1.54, 1.807) is 0 Å². The van der Waals surface area contributed by atoms with Crippen molar-refractivity contribution in [3.8, 4) is 11.5 Å². The number of likely N-dealkylation sites (tertiary alicyclic amines) is 1. The predicted molar refractivity (Wildman–Crippen MR) is 103 cm³/mol. The molecule has 7 aliphatic rings. The van der Waals surface area contributed by atoms with Crippen LogP contribution in [0.1, 0.15) is 49.7 Å². The van der Waals surface area contributed by atoms with E-state index in [1.807, 2.05) is 6.07 Å². The number of phenolic OH excluding ortho intramolecular Hbond substituents is 1. The summed E-state index contributed by atoms with van der Waals surface area (Å²) in [6.45, 7) is 3.73. The highest BCUT2D eigenvalue weighted by Gasteiger charge is 2.73. The Morgan fingerprint density at radius 1 is 1.15 bits per heavy atom. The molecule has 4 nitrogen and oxygen atoms in total. The van der Waals surface area contributed by atoms with Crippen molar-refractivity contribution < 1.29 is 9.84 Å². The Balaban J connectivity index is 1.48. The number of rotatable bonds is 2. The quantitative estimate of drug-likeness (QED) is 0.873. The number of aromatic hydroxyl groups is 1. The SMILES string of the molecule is CN1CC[C@@]23CC[C@@H]1[C@@H]1Oc4c(O)ccc5c4[C@@]12CCN(CC1CC1)[C@@H]3C5. The van der Waals surface area contributed by atoms with Gasteiger partial charge in [0.2, 0.25) is 0 Å². The Kier molecular flexibility index (Phi) is 2.80. The summed E-state index contributed by atoms with van der Waals surface area (Å²) in [7, 11) is 2.30. The molecule has 3 aliphatic carbocycles. The lowest BCUT2D eigenvalue weighted by molar-refractivity contribution is -0.129. The van der Waals surface area contributed by atoms with Crippen LogP contribution < -0.4 is 4.74 Å². The minimum atomic E-state index is 0.132. The average Bonchev–Trinajstić information content (AvgIpc) is 3.44. The predicted octanol–water partition coefficient (Wildman–Crippen LogP) is 2.92. The third-order valence-corrected chi connectivity index (χ3v) is 9.48. The van der Waals surface area contributed by atoms with Gasteiger partial charge in [0.1, 0.15) is 6.10 Å². The van der Waals surface area contributed by atoms with E-state index in [1.165, 1.54) is 69.3 Å². The normalized spacial score (nSPS) is 44.7. The summed E-state index contributed by atoms with van der Waals surface area (Å²) < 4.78 is 6.71. The number of piperidine rings is 1. The molecule has 5 fully saturated rings. The smallest absolute Gasteiger partial charge is 0.165 e. The maximum atomic E-state index is 10.7. The number of nitrogens with zero attached hydrogens (tertiary/aromatic N) is 2. The van der Waals surface area contributed by atoms with Crippen molar-refractivity contribution in [1.29, 1.82) is 0 Å². The maximum absolute atomic E-state index is 10.7. The molecule has 1 aromatic carbocycles. The Hall–Kier alpha value is -1.26. The van der Waals surface area contributed by atoms with Gasteiger partial charge >= 0.3 is 0 Å². The first-order chi connectivity index (χ1) is 13.1. The van der Waals surface area contributed by atoms with E-state index in [-0.39, 0.29) is 11.5 Å². The summed E-state index contributed by atoms with van der Waals surface area (Å²) >= 11 is 0. The largest absolute Gasteiger partial charge is 0.504 e. The van der Waals surface area contributed by atoms with Crippen molar-refractivity contribution in [1.82, 2.24) is 9.80 Å². The van der Waals surface area contributed by atoms with Crippen molar-refractivity contribution in [2.45, 2.75) is 68.5 Å². The van der Waals surface area contributed by atoms with E-state index < -0.39 is 0 Å². The fourth-order valence-electron chi connectivity index (χ4n) is 8.18. The highest BCUT2D eigenvalue weighted by molar-refractivity contribution is 5.62. The van der Waals surface area contributed by atoms with E-state index in [9.17, 15) is 5.11 Å². The van der Waals surface area contributed by atoms with Gasteiger partial charge in [0.25, 0.3) is 0 Å². The summed E-state index contributed by atoms with van der Waals surface area (Å²) in [4.78, 5) is 5.47. The summed E-state index contributed by atoms with van der Waals surface area (Å²) in [6.07, 6.45) is 9.35. The van der Waals surface area contributed by atoms with Crippen molar-refractivity contribution >= 4 is 0 Å². The van der Waals surface area contributed by atoms with Crippen LogP contribution in [-0.4, -0.2) is 59.8 Å². The third-order valence-electron chi connectivity index (χ3n) is 9.48. The minimum absolute atomic E-state index is 0.132. The molecule has 1 aromatic rings. The molecule has 4 aliphatic heterocycles. The number of ether oxygens (including phenoxy) is 1. The van der Waals surface area contributed by atoms with Crippen LogP contribution in [0.2, 0.25) is 0 Å². The van der Waals surface area contributed by atoms with E-state index >= 15 is 0 Å². The van der Waals surface area contributed by atoms with Gasteiger partial charge in [0, 0.05) is 35.0 Å². The number of hydrogen-bond acceptors (Lipinski definition) is 4. The second kappa shape index (κ2) is 4.83. The summed E-state index contributed by atoms with van der Waals surface area (Å²) in [5.74, 6) is 2.16. The maximum Gasteiger partial charge on any atom is 0.165 e. The molecule has 144 valence electrons. The van der Waals surface area contributed by atoms with Crippen LogP contribution in [0.3, 0.4) is 0 Å². The first-order valence-electron chi connectivity index (χ1n) is 11.1. The molecular weight excluding hydrogens is 336 g/mol. The molecule has 8 rings (SSSR count). The zero-order valence-corrected chi connectivity index (χ0v) is 16.3. The molecule has 2 spiro atoms. The molecule has 3 saturated heterocycles. The van der Waals surface area contributed by atoms with Crippen LogP contribution in [0, 0.1) is 11.3 Å². The number of fused-ring (bicyclic) bond motifs is 3. The molecule has 5 atom stereocenters. The number of hydrogen-bond donors (Lipinski definition) is 1.